The summed E-state index contributed by atoms with van der Waals surface area (Å²) in [6, 6.07) is 6.80. The van der Waals surface area contributed by atoms with Crippen molar-refractivity contribution < 1.29 is 0 Å². The van der Waals surface area contributed by atoms with Crippen molar-refractivity contribution in [1.29, 1.82) is 0 Å². The van der Waals surface area contributed by atoms with Crippen molar-refractivity contribution in [3.05, 3.63) is 41.3 Å². The highest BCUT2D eigenvalue weighted by atomic mass is 14.9. The van der Waals surface area contributed by atoms with Gasteiger partial charge in [0.15, 0.2) is 0 Å². The van der Waals surface area contributed by atoms with E-state index in [1.807, 2.05) is 13.1 Å². The summed E-state index contributed by atoms with van der Waals surface area (Å²) in [4.78, 5) is 7.54. The van der Waals surface area contributed by atoms with Crippen LogP contribution in [0.15, 0.2) is 24.4 Å². The summed E-state index contributed by atoms with van der Waals surface area (Å²) in [6.07, 6.45) is 7.07. The number of hydrogen-bond acceptors (Lipinski definition) is 1. The average molecular weight is 212 g/mol. The van der Waals surface area contributed by atoms with E-state index in [4.69, 9.17) is 0 Å². The number of fused-ring (bicyclic) bond motifs is 1. The molecule has 16 heavy (non-hydrogen) atoms. The minimum absolute atomic E-state index is 0.979. The standard InChI is InChI=1S/C14H16N2/c1-10-15-9-14(16-10)13-7-6-11-4-2-3-5-12(11)8-13/h6-9H,2-5H2,1H3,(H,15,16). The van der Waals surface area contributed by atoms with E-state index in [2.05, 4.69) is 28.2 Å². The van der Waals surface area contributed by atoms with Gasteiger partial charge in [-0.3, -0.25) is 0 Å². The van der Waals surface area contributed by atoms with Crippen molar-refractivity contribution in [1.82, 2.24) is 9.97 Å². The molecule has 0 saturated carbocycles. The monoisotopic (exact) mass is 212 g/mol. The van der Waals surface area contributed by atoms with Crippen molar-refractivity contribution in [3.63, 3.8) is 0 Å². The van der Waals surface area contributed by atoms with Crippen molar-refractivity contribution >= 4 is 0 Å². The summed E-state index contributed by atoms with van der Waals surface area (Å²) in [7, 11) is 0. The molecule has 1 N–H and O–H groups in total. The lowest BCUT2D eigenvalue weighted by atomic mass is 9.90. The van der Waals surface area contributed by atoms with E-state index in [9.17, 15) is 0 Å². The van der Waals surface area contributed by atoms with Crippen molar-refractivity contribution in [2.75, 3.05) is 0 Å². The van der Waals surface area contributed by atoms with Crippen LogP contribution in [0.5, 0.6) is 0 Å². The number of nitrogens with one attached hydrogen (secondary N) is 1. The molecule has 1 aromatic carbocycles. The summed E-state index contributed by atoms with van der Waals surface area (Å²) in [5, 5.41) is 0. The molecule has 0 amide bonds. The maximum absolute atomic E-state index is 4.25. The molecule has 82 valence electrons. The fourth-order valence-corrected chi connectivity index (χ4v) is 2.47. The van der Waals surface area contributed by atoms with Crippen LogP contribution in [-0.2, 0) is 12.8 Å². The molecule has 3 rings (SSSR count). The van der Waals surface area contributed by atoms with Crippen LogP contribution in [0.25, 0.3) is 11.3 Å². The van der Waals surface area contributed by atoms with Gasteiger partial charge in [-0.25, -0.2) is 4.98 Å². The van der Waals surface area contributed by atoms with Crippen LogP contribution >= 0.6 is 0 Å². The second-order valence-corrected chi connectivity index (χ2v) is 4.57. The predicted octanol–water partition coefficient (Wildman–Crippen LogP) is 3.26. The van der Waals surface area contributed by atoms with Crippen LogP contribution < -0.4 is 0 Å². The summed E-state index contributed by atoms with van der Waals surface area (Å²) in [5.41, 5.74) is 5.45. The fourth-order valence-electron chi connectivity index (χ4n) is 2.47. The molecule has 1 aromatic heterocycles. The van der Waals surface area contributed by atoms with Crippen LogP contribution in [0.4, 0.5) is 0 Å². The fraction of sp³-hybridized carbons (Fsp3) is 0.357. The van der Waals surface area contributed by atoms with E-state index < -0.39 is 0 Å². The molecule has 1 aliphatic carbocycles. The van der Waals surface area contributed by atoms with Crippen molar-refractivity contribution in [2.24, 2.45) is 0 Å². The molecule has 1 heterocycles. The summed E-state index contributed by atoms with van der Waals surface area (Å²) in [6.45, 7) is 1.99. The van der Waals surface area contributed by atoms with Gasteiger partial charge in [0.25, 0.3) is 0 Å². The van der Waals surface area contributed by atoms with Gasteiger partial charge in [0, 0.05) is 0 Å². The number of aromatic amines is 1. The third kappa shape index (κ3) is 1.64. The van der Waals surface area contributed by atoms with Gasteiger partial charge in [-0.15, -0.1) is 0 Å². The number of hydrogen-bond donors (Lipinski definition) is 1. The zero-order chi connectivity index (χ0) is 11.0. The molecule has 0 fully saturated rings. The zero-order valence-electron chi connectivity index (χ0n) is 9.59. The summed E-state index contributed by atoms with van der Waals surface area (Å²) < 4.78 is 0. The first-order chi connectivity index (χ1) is 7.83. The largest absolute Gasteiger partial charge is 0.342 e. The third-order valence-corrected chi connectivity index (χ3v) is 3.36. The van der Waals surface area contributed by atoms with Crippen LogP contribution in [-0.4, -0.2) is 9.97 Å². The maximum atomic E-state index is 4.25. The number of imidazole rings is 1. The number of nitrogens with zero attached hydrogens (tertiary/aromatic N) is 1. The molecular formula is C14H16N2. The lowest BCUT2D eigenvalue weighted by Gasteiger charge is -2.16. The highest BCUT2D eigenvalue weighted by molar-refractivity contribution is 5.60. The summed E-state index contributed by atoms with van der Waals surface area (Å²) >= 11 is 0. The van der Waals surface area contributed by atoms with Gasteiger partial charge >= 0.3 is 0 Å². The number of rotatable bonds is 1. The first-order valence-electron chi connectivity index (χ1n) is 5.97. The summed E-state index contributed by atoms with van der Waals surface area (Å²) in [5.74, 6) is 0.979. The highest BCUT2D eigenvalue weighted by Gasteiger charge is 2.10. The Morgan fingerprint density at radius 3 is 2.69 bits per heavy atom. The minimum atomic E-state index is 0.979. The molecule has 0 saturated heterocycles. The molecule has 0 unspecified atom stereocenters. The molecule has 0 aliphatic heterocycles. The SMILES string of the molecule is Cc1ncc(-c2ccc3c(c2)CCCC3)[nH]1. The van der Waals surface area contributed by atoms with Crippen LogP contribution in [0, 0.1) is 6.92 Å². The molecule has 1 aliphatic rings. The molecule has 2 heteroatoms. The molecule has 0 atom stereocenters. The minimum Gasteiger partial charge on any atom is -0.342 e. The number of H-pyrrole nitrogens is 1. The lowest BCUT2D eigenvalue weighted by Crippen LogP contribution is -2.02. The Morgan fingerprint density at radius 1 is 1.12 bits per heavy atom. The van der Waals surface area contributed by atoms with Gasteiger partial charge in [-0.05, 0) is 55.4 Å². The maximum Gasteiger partial charge on any atom is 0.103 e. The predicted molar refractivity (Wildman–Crippen MR) is 65.4 cm³/mol. The molecule has 0 radical (unpaired) electrons. The Balaban J connectivity index is 2.02. The van der Waals surface area contributed by atoms with Gasteiger partial charge in [-0.2, -0.15) is 0 Å². The van der Waals surface area contributed by atoms with Crippen molar-refractivity contribution in [3.8, 4) is 11.3 Å². The van der Waals surface area contributed by atoms with Crippen LogP contribution in [0.3, 0.4) is 0 Å². The molecule has 2 nitrogen and oxygen atoms in total. The van der Waals surface area contributed by atoms with Crippen LogP contribution in [0.1, 0.15) is 29.8 Å². The van der Waals surface area contributed by atoms with E-state index in [0.29, 0.717) is 0 Å². The van der Waals surface area contributed by atoms with E-state index in [-0.39, 0.29) is 0 Å². The third-order valence-electron chi connectivity index (χ3n) is 3.36. The quantitative estimate of drug-likeness (QED) is 0.772. The van der Waals surface area contributed by atoms with E-state index in [1.54, 1.807) is 0 Å². The van der Waals surface area contributed by atoms with E-state index in [1.165, 1.54) is 42.4 Å². The van der Waals surface area contributed by atoms with E-state index >= 15 is 0 Å². The highest BCUT2D eigenvalue weighted by Crippen LogP contribution is 2.26. The Morgan fingerprint density at radius 2 is 1.94 bits per heavy atom. The van der Waals surface area contributed by atoms with Gasteiger partial charge < -0.3 is 4.98 Å². The Bertz CT molecular complexity index is 511. The average Bonchev–Trinajstić information content (AvgIpc) is 2.75. The molecule has 2 aromatic rings. The first-order valence-corrected chi connectivity index (χ1v) is 5.97. The molecule has 0 bridgehead atoms. The second kappa shape index (κ2) is 3.78. The smallest absolute Gasteiger partial charge is 0.103 e. The Hall–Kier alpha value is -1.57. The Labute approximate surface area is 95.7 Å². The van der Waals surface area contributed by atoms with Crippen molar-refractivity contribution in [2.45, 2.75) is 32.6 Å². The molecular weight excluding hydrogens is 196 g/mol. The normalized spacial score (nSPS) is 14.8. The number of benzene rings is 1. The van der Waals surface area contributed by atoms with Gasteiger partial charge in [0.1, 0.15) is 5.82 Å². The lowest BCUT2D eigenvalue weighted by molar-refractivity contribution is 0.686. The topological polar surface area (TPSA) is 28.7 Å². The van der Waals surface area contributed by atoms with E-state index in [0.717, 1.165) is 11.5 Å². The number of aryl methyl sites for hydroxylation is 3. The second-order valence-electron chi connectivity index (χ2n) is 4.57. The first kappa shape index (κ1) is 9.64. The Kier molecular flexibility index (Phi) is 2.28. The van der Waals surface area contributed by atoms with Gasteiger partial charge in [-0.1, -0.05) is 12.1 Å². The van der Waals surface area contributed by atoms with Gasteiger partial charge in [0.2, 0.25) is 0 Å². The van der Waals surface area contributed by atoms with Crippen LogP contribution in [0.2, 0.25) is 0 Å². The zero-order valence-corrected chi connectivity index (χ0v) is 9.59. The van der Waals surface area contributed by atoms with Gasteiger partial charge in [0.05, 0.1) is 11.9 Å². The molecule has 0 spiro atoms. The number of aromatic nitrogens is 2.